The van der Waals surface area contributed by atoms with Gasteiger partial charge in [0, 0.05) is 20.2 Å². The highest BCUT2D eigenvalue weighted by atomic mass is 16.5. The SMILES string of the molecule is COC[C@H]1CN(C(=O)c2ccnn2-c2ccccc2)CC(C)(C)O1. The molecular formula is C18H23N3O3. The Hall–Kier alpha value is -2.18. The molecule has 0 N–H and O–H groups in total. The molecule has 2 aromatic rings. The highest BCUT2D eigenvalue weighted by molar-refractivity contribution is 5.93. The predicted molar refractivity (Wildman–Crippen MR) is 90.3 cm³/mol. The van der Waals surface area contributed by atoms with Crippen molar-refractivity contribution in [2.75, 3.05) is 26.8 Å². The van der Waals surface area contributed by atoms with E-state index in [0.717, 1.165) is 5.69 Å². The number of benzene rings is 1. The van der Waals surface area contributed by atoms with Gasteiger partial charge in [-0.2, -0.15) is 5.10 Å². The Morgan fingerprint density at radius 1 is 1.33 bits per heavy atom. The lowest BCUT2D eigenvalue weighted by molar-refractivity contribution is -0.143. The fraction of sp³-hybridized carbons (Fsp3) is 0.444. The van der Waals surface area contributed by atoms with Crippen molar-refractivity contribution in [2.24, 2.45) is 0 Å². The van der Waals surface area contributed by atoms with E-state index in [1.165, 1.54) is 0 Å². The Kier molecular flexibility index (Phi) is 4.69. The molecule has 0 spiro atoms. The van der Waals surface area contributed by atoms with E-state index in [-0.39, 0.29) is 12.0 Å². The minimum Gasteiger partial charge on any atom is -0.382 e. The third-order valence-electron chi connectivity index (χ3n) is 3.98. The summed E-state index contributed by atoms with van der Waals surface area (Å²) in [6.45, 7) is 5.49. The zero-order chi connectivity index (χ0) is 17.2. The first-order valence-corrected chi connectivity index (χ1v) is 8.06. The minimum absolute atomic E-state index is 0.0474. The molecule has 1 aliphatic heterocycles. The maximum absolute atomic E-state index is 13.1. The zero-order valence-electron chi connectivity index (χ0n) is 14.3. The number of methoxy groups -OCH3 is 1. The van der Waals surface area contributed by atoms with Crippen LogP contribution < -0.4 is 0 Å². The molecule has 1 aromatic carbocycles. The van der Waals surface area contributed by atoms with E-state index < -0.39 is 5.60 Å². The van der Waals surface area contributed by atoms with Crippen LogP contribution in [-0.4, -0.2) is 59.1 Å². The van der Waals surface area contributed by atoms with Gasteiger partial charge in [-0.25, -0.2) is 4.68 Å². The number of morpholine rings is 1. The maximum atomic E-state index is 13.1. The fourth-order valence-corrected chi connectivity index (χ4v) is 3.13. The topological polar surface area (TPSA) is 56.6 Å². The van der Waals surface area contributed by atoms with Crippen molar-refractivity contribution in [1.29, 1.82) is 0 Å². The van der Waals surface area contributed by atoms with Gasteiger partial charge in [0.05, 0.1) is 30.2 Å². The molecule has 1 atom stereocenters. The third kappa shape index (κ3) is 3.49. The predicted octanol–water partition coefficient (Wildman–Crippen LogP) is 2.14. The first-order valence-electron chi connectivity index (χ1n) is 8.06. The Bertz CT molecular complexity index is 697. The number of para-hydroxylation sites is 1. The number of carbonyl (C=O) groups is 1. The van der Waals surface area contributed by atoms with Gasteiger partial charge >= 0.3 is 0 Å². The Balaban J connectivity index is 1.85. The molecule has 0 bridgehead atoms. The molecule has 24 heavy (non-hydrogen) atoms. The van der Waals surface area contributed by atoms with Crippen molar-refractivity contribution in [3.05, 3.63) is 48.3 Å². The summed E-state index contributed by atoms with van der Waals surface area (Å²) in [6.07, 6.45) is 1.52. The summed E-state index contributed by atoms with van der Waals surface area (Å²) in [5, 5.41) is 4.31. The molecule has 128 valence electrons. The molecule has 1 fully saturated rings. The van der Waals surface area contributed by atoms with E-state index in [9.17, 15) is 4.79 Å². The van der Waals surface area contributed by atoms with Crippen LogP contribution in [0.2, 0.25) is 0 Å². The molecule has 6 heteroatoms. The lowest BCUT2D eigenvalue weighted by Crippen LogP contribution is -2.55. The average molecular weight is 329 g/mol. The molecule has 2 heterocycles. The van der Waals surface area contributed by atoms with Crippen LogP contribution >= 0.6 is 0 Å². The Labute approximate surface area is 142 Å². The molecular weight excluding hydrogens is 306 g/mol. The Morgan fingerprint density at radius 3 is 2.79 bits per heavy atom. The van der Waals surface area contributed by atoms with Crippen molar-refractivity contribution in [3.63, 3.8) is 0 Å². The first kappa shape index (κ1) is 16.7. The van der Waals surface area contributed by atoms with Crippen molar-refractivity contribution in [3.8, 4) is 5.69 Å². The molecule has 0 unspecified atom stereocenters. The molecule has 3 rings (SSSR count). The molecule has 1 amide bonds. The zero-order valence-corrected chi connectivity index (χ0v) is 14.3. The summed E-state index contributed by atoms with van der Waals surface area (Å²) in [7, 11) is 1.64. The molecule has 6 nitrogen and oxygen atoms in total. The number of amides is 1. The fourth-order valence-electron chi connectivity index (χ4n) is 3.13. The normalized spacial score (nSPS) is 20.1. The van der Waals surface area contributed by atoms with Crippen molar-refractivity contribution in [2.45, 2.75) is 25.6 Å². The molecule has 1 aromatic heterocycles. The van der Waals surface area contributed by atoms with Crippen LogP contribution in [-0.2, 0) is 9.47 Å². The second kappa shape index (κ2) is 6.75. The largest absolute Gasteiger partial charge is 0.382 e. The quantitative estimate of drug-likeness (QED) is 0.862. The van der Waals surface area contributed by atoms with E-state index in [2.05, 4.69) is 5.10 Å². The number of ether oxygens (including phenoxy) is 2. The van der Waals surface area contributed by atoms with Gasteiger partial charge < -0.3 is 14.4 Å². The van der Waals surface area contributed by atoms with Crippen LogP contribution in [0.5, 0.6) is 0 Å². The lowest BCUT2D eigenvalue weighted by Gasteiger charge is -2.42. The van der Waals surface area contributed by atoms with Crippen LogP contribution in [0.1, 0.15) is 24.3 Å². The van der Waals surface area contributed by atoms with Gasteiger partial charge in [-0.1, -0.05) is 18.2 Å². The number of carbonyl (C=O) groups excluding carboxylic acids is 1. The number of hydrogen-bond donors (Lipinski definition) is 0. The van der Waals surface area contributed by atoms with Gasteiger partial charge in [-0.15, -0.1) is 0 Å². The highest BCUT2D eigenvalue weighted by Crippen LogP contribution is 2.23. The number of nitrogens with zero attached hydrogens (tertiary/aromatic N) is 3. The molecule has 0 radical (unpaired) electrons. The molecule has 0 aliphatic carbocycles. The van der Waals surface area contributed by atoms with Crippen LogP contribution in [0, 0.1) is 0 Å². The van der Waals surface area contributed by atoms with Crippen LogP contribution in [0.25, 0.3) is 5.69 Å². The highest BCUT2D eigenvalue weighted by Gasteiger charge is 2.36. The molecule has 0 saturated carbocycles. The van der Waals surface area contributed by atoms with Crippen molar-refractivity contribution in [1.82, 2.24) is 14.7 Å². The van der Waals surface area contributed by atoms with Crippen LogP contribution in [0.15, 0.2) is 42.6 Å². The van der Waals surface area contributed by atoms with E-state index in [4.69, 9.17) is 9.47 Å². The van der Waals surface area contributed by atoms with E-state index in [0.29, 0.717) is 25.4 Å². The number of aromatic nitrogens is 2. The van der Waals surface area contributed by atoms with Gasteiger partial charge in [0.1, 0.15) is 5.69 Å². The summed E-state index contributed by atoms with van der Waals surface area (Å²) in [5.41, 5.74) is 1.01. The monoisotopic (exact) mass is 329 g/mol. The van der Waals surface area contributed by atoms with Gasteiger partial charge in [-0.3, -0.25) is 4.79 Å². The maximum Gasteiger partial charge on any atom is 0.272 e. The van der Waals surface area contributed by atoms with E-state index in [1.54, 1.807) is 24.1 Å². The van der Waals surface area contributed by atoms with E-state index >= 15 is 0 Å². The van der Waals surface area contributed by atoms with Gasteiger partial charge in [0.25, 0.3) is 5.91 Å². The average Bonchev–Trinajstić information content (AvgIpc) is 3.03. The first-order chi connectivity index (χ1) is 11.5. The smallest absolute Gasteiger partial charge is 0.272 e. The summed E-state index contributed by atoms with van der Waals surface area (Å²) in [5.74, 6) is -0.0474. The van der Waals surface area contributed by atoms with Gasteiger partial charge in [0.15, 0.2) is 0 Å². The van der Waals surface area contributed by atoms with Crippen molar-refractivity contribution >= 4 is 5.91 Å². The lowest BCUT2D eigenvalue weighted by atomic mass is 10.0. The second-order valence-corrected chi connectivity index (χ2v) is 6.60. The second-order valence-electron chi connectivity index (χ2n) is 6.60. The number of hydrogen-bond acceptors (Lipinski definition) is 4. The summed E-state index contributed by atoms with van der Waals surface area (Å²) in [6, 6.07) is 11.4. The summed E-state index contributed by atoms with van der Waals surface area (Å²) < 4.78 is 12.9. The Morgan fingerprint density at radius 2 is 2.08 bits per heavy atom. The third-order valence-corrected chi connectivity index (χ3v) is 3.98. The van der Waals surface area contributed by atoms with Gasteiger partial charge in [0.2, 0.25) is 0 Å². The molecule has 1 saturated heterocycles. The summed E-state index contributed by atoms with van der Waals surface area (Å²) >= 11 is 0. The van der Waals surface area contributed by atoms with E-state index in [1.807, 2.05) is 49.1 Å². The van der Waals surface area contributed by atoms with Crippen molar-refractivity contribution < 1.29 is 14.3 Å². The standard InChI is InChI=1S/C18H23N3O3/c1-18(2)13-20(11-15(24-18)12-23-3)17(22)16-9-10-19-21(16)14-7-5-4-6-8-14/h4-10,15H,11-13H2,1-3H3/t15-/m1/s1. The van der Waals surface area contributed by atoms with Crippen LogP contribution in [0.4, 0.5) is 0 Å². The summed E-state index contributed by atoms with van der Waals surface area (Å²) in [4.78, 5) is 14.9. The van der Waals surface area contributed by atoms with Crippen LogP contribution in [0.3, 0.4) is 0 Å². The van der Waals surface area contributed by atoms with Gasteiger partial charge in [-0.05, 0) is 32.0 Å². The molecule has 1 aliphatic rings. The minimum atomic E-state index is -0.408. The number of rotatable bonds is 4.